The molecule has 0 aliphatic carbocycles. The molecule has 8 heteroatoms. The number of carbonyl (C=O) groups is 1. The highest BCUT2D eigenvalue weighted by atomic mass is 35.5. The quantitative estimate of drug-likeness (QED) is 0.567. The lowest BCUT2D eigenvalue weighted by atomic mass is 10.1. The third-order valence-electron chi connectivity index (χ3n) is 4.27. The average Bonchev–Trinajstić information content (AvgIpc) is 3.12. The van der Waals surface area contributed by atoms with Gasteiger partial charge in [-0.2, -0.15) is 0 Å². The highest BCUT2D eigenvalue weighted by Gasteiger charge is 2.17. The van der Waals surface area contributed by atoms with Crippen LogP contribution in [0.1, 0.15) is 16.1 Å². The zero-order valence-corrected chi connectivity index (χ0v) is 15.2. The Balaban J connectivity index is 1.99. The van der Waals surface area contributed by atoms with E-state index in [4.69, 9.17) is 16.7 Å². The summed E-state index contributed by atoms with van der Waals surface area (Å²) in [6, 6.07) is 12.6. The lowest BCUT2D eigenvalue weighted by molar-refractivity contribution is 0.0945. The van der Waals surface area contributed by atoms with Crippen LogP contribution in [0.3, 0.4) is 0 Å². The van der Waals surface area contributed by atoms with Crippen molar-refractivity contribution in [3.63, 3.8) is 0 Å². The number of hydrogen-bond acceptors (Lipinski definition) is 5. The monoisotopic (exact) mass is 381 g/mol. The van der Waals surface area contributed by atoms with Crippen molar-refractivity contribution in [2.75, 3.05) is 13.2 Å². The number of aromatic nitrogens is 4. The van der Waals surface area contributed by atoms with Crippen molar-refractivity contribution in [3.8, 4) is 11.4 Å². The number of aliphatic hydroxyl groups is 1. The molecule has 0 aliphatic rings. The number of aryl methyl sites for hydroxylation is 1. The molecule has 0 radical (unpaired) electrons. The molecule has 0 atom stereocenters. The van der Waals surface area contributed by atoms with Crippen molar-refractivity contribution in [2.45, 2.75) is 6.92 Å². The van der Waals surface area contributed by atoms with Gasteiger partial charge in [-0.25, -0.2) is 4.98 Å². The first-order valence-electron chi connectivity index (χ1n) is 8.39. The molecule has 0 unspecified atom stereocenters. The van der Waals surface area contributed by atoms with Crippen LogP contribution in [0.4, 0.5) is 0 Å². The van der Waals surface area contributed by atoms with Gasteiger partial charge in [-0.3, -0.25) is 9.20 Å². The maximum absolute atomic E-state index is 12.3. The van der Waals surface area contributed by atoms with Crippen molar-refractivity contribution < 1.29 is 9.90 Å². The van der Waals surface area contributed by atoms with Gasteiger partial charge in [0.15, 0.2) is 11.5 Å². The first-order chi connectivity index (χ1) is 13.1. The van der Waals surface area contributed by atoms with Gasteiger partial charge in [-0.05, 0) is 37.3 Å². The Labute approximate surface area is 159 Å². The van der Waals surface area contributed by atoms with Gasteiger partial charge in [0.2, 0.25) is 0 Å². The van der Waals surface area contributed by atoms with Crippen LogP contribution < -0.4 is 5.32 Å². The molecule has 2 heterocycles. The predicted molar refractivity (Wildman–Crippen MR) is 103 cm³/mol. The number of fused-ring (bicyclic) bond motifs is 3. The fourth-order valence-electron chi connectivity index (χ4n) is 3.00. The molecule has 4 rings (SSSR count). The Morgan fingerprint density at radius 2 is 2.04 bits per heavy atom. The fraction of sp³-hybridized carbons (Fsp3) is 0.158. The second kappa shape index (κ2) is 6.94. The van der Waals surface area contributed by atoms with Crippen molar-refractivity contribution in [2.24, 2.45) is 0 Å². The summed E-state index contributed by atoms with van der Waals surface area (Å²) in [5.41, 5.74) is 3.95. The van der Waals surface area contributed by atoms with Crippen LogP contribution in [0.25, 0.3) is 28.1 Å². The highest BCUT2D eigenvalue weighted by Crippen LogP contribution is 2.29. The van der Waals surface area contributed by atoms with Gasteiger partial charge in [-0.15, -0.1) is 10.2 Å². The maximum Gasteiger partial charge on any atom is 0.251 e. The van der Waals surface area contributed by atoms with Gasteiger partial charge in [0.1, 0.15) is 0 Å². The predicted octanol–water partition coefficient (Wildman–Crippen LogP) is 2.63. The van der Waals surface area contributed by atoms with Gasteiger partial charge in [-0.1, -0.05) is 23.7 Å². The third kappa shape index (κ3) is 3.01. The Morgan fingerprint density at radius 3 is 2.81 bits per heavy atom. The molecule has 2 aromatic carbocycles. The molecule has 4 aromatic rings. The molecule has 0 aliphatic heterocycles. The summed E-state index contributed by atoms with van der Waals surface area (Å²) in [5.74, 6) is 0.311. The van der Waals surface area contributed by atoms with E-state index >= 15 is 0 Å². The zero-order valence-electron chi connectivity index (χ0n) is 14.5. The number of amides is 1. The largest absolute Gasteiger partial charge is 0.395 e. The van der Waals surface area contributed by atoms with E-state index in [1.807, 2.05) is 29.5 Å². The number of hydrogen-bond donors (Lipinski definition) is 2. The number of rotatable bonds is 4. The van der Waals surface area contributed by atoms with Crippen LogP contribution in [0, 0.1) is 6.92 Å². The van der Waals surface area contributed by atoms with Crippen molar-refractivity contribution >= 4 is 34.2 Å². The van der Waals surface area contributed by atoms with E-state index in [2.05, 4.69) is 20.5 Å². The molecule has 136 valence electrons. The summed E-state index contributed by atoms with van der Waals surface area (Å²) in [5, 5.41) is 20.7. The van der Waals surface area contributed by atoms with E-state index in [9.17, 15) is 4.79 Å². The number of halogens is 1. The van der Waals surface area contributed by atoms with Crippen LogP contribution >= 0.6 is 11.6 Å². The van der Waals surface area contributed by atoms with Gasteiger partial charge >= 0.3 is 0 Å². The maximum atomic E-state index is 12.3. The molecule has 0 fully saturated rings. The fourth-order valence-corrected chi connectivity index (χ4v) is 3.22. The standard InChI is InChI=1S/C19H16ClN5O2/c1-11-17-23-24-18(13-4-2-3-5-14(13)20)25(17)16-10-12(6-7-15(16)22-11)19(27)21-8-9-26/h2-7,10,26H,8-9H2,1H3,(H,21,27). The van der Waals surface area contributed by atoms with Gasteiger partial charge in [0, 0.05) is 17.7 Å². The molecule has 27 heavy (non-hydrogen) atoms. The molecule has 0 saturated heterocycles. The Bertz CT molecular complexity index is 1170. The summed E-state index contributed by atoms with van der Waals surface area (Å²) in [6.07, 6.45) is 0. The van der Waals surface area contributed by atoms with E-state index in [1.165, 1.54) is 0 Å². The SMILES string of the molecule is Cc1nc2ccc(C(=O)NCCO)cc2n2c(-c3ccccc3Cl)nnc12. The third-order valence-corrected chi connectivity index (χ3v) is 4.60. The first-order valence-corrected chi connectivity index (χ1v) is 8.77. The second-order valence-electron chi connectivity index (χ2n) is 6.04. The van der Waals surface area contributed by atoms with Crippen LogP contribution in [-0.4, -0.2) is 43.7 Å². The van der Waals surface area contributed by atoms with E-state index in [1.54, 1.807) is 24.3 Å². The van der Waals surface area contributed by atoms with E-state index < -0.39 is 0 Å². The molecule has 7 nitrogen and oxygen atoms in total. The van der Waals surface area contributed by atoms with Crippen LogP contribution in [0.5, 0.6) is 0 Å². The summed E-state index contributed by atoms with van der Waals surface area (Å²) in [4.78, 5) is 16.9. The van der Waals surface area contributed by atoms with Gasteiger partial charge in [0.05, 0.1) is 28.4 Å². The Kier molecular flexibility index (Phi) is 4.47. The van der Waals surface area contributed by atoms with Gasteiger partial charge < -0.3 is 10.4 Å². The molecule has 0 saturated carbocycles. The lowest BCUT2D eigenvalue weighted by Crippen LogP contribution is -2.26. The van der Waals surface area contributed by atoms with E-state index in [0.717, 1.165) is 11.3 Å². The van der Waals surface area contributed by atoms with E-state index in [0.29, 0.717) is 33.1 Å². The molecule has 0 spiro atoms. The van der Waals surface area contributed by atoms with Crippen LogP contribution in [0.2, 0.25) is 5.02 Å². The second-order valence-corrected chi connectivity index (χ2v) is 6.45. The molecule has 0 bridgehead atoms. The molecule has 1 amide bonds. The summed E-state index contributed by atoms with van der Waals surface area (Å²) in [7, 11) is 0. The van der Waals surface area contributed by atoms with Crippen LogP contribution in [-0.2, 0) is 0 Å². The van der Waals surface area contributed by atoms with Crippen molar-refractivity contribution in [1.82, 2.24) is 24.9 Å². The molecular weight excluding hydrogens is 366 g/mol. The average molecular weight is 382 g/mol. The van der Waals surface area contributed by atoms with Crippen LogP contribution in [0.15, 0.2) is 42.5 Å². The molecule has 2 N–H and O–H groups in total. The minimum atomic E-state index is -0.271. The molecular formula is C19H16ClN5O2. The topological polar surface area (TPSA) is 92.4 Å². The van der Waals surface area contributed by atoms with Gasteiger partial charge in [0.25, 0.3) is 5.91 Å². The number of benzene rings is 2. The summed E-state index contributed by atoms with van der Waals surface area (Å²) < 4.78 is 1.86. The molecule has 2 aromatic heterocycles. The number of nitrogens with one attached hydrogen (secondary N) is 1. The first kappa shape index (κ1) is 17.4. The van der Waals surface area contributed by atoms with E-state index in [-0.39, 0.29) is 19.1 Å². The van der Waals surface area contributed by atoms with Crippen molar-refractivity contribution in [3.05, 3.63) is 58.7 Å². The highest BCUT2D eigenvalue weighted by molar-refractivity contribution is 6.33. The van der Waals surface area contributed by atoms with Crippen molar-refractivity contribution in [1.29, 1.82) is 0 Å². The minimum absolute atomic E-state index is 0.119. The number of carbonyl (C=O) groups excluding carboxylic acids is 1. The minimum Gasteiger partial charge on any atom is -0.395 e. The summed E-state index contributed by atoms with van der Waals surface area (Å²) >= 11 is 6.36. The smallest absolute Gasteiger partial charge is 0.251 e. The summed E-state index contributed by atoms with van der Waals surface area (Å²) in [6.45, 7) is 1.93. The zero-order chi connectivity index (χ0) is 19.0. The number of nitrogens with zero attached hydrogens (tertiary/aromatic N) is 4. The Morgan fingerprint density at radius 1 is 1.22 bits per heavy atom. The lowest BCUT2D eigenvalue weighted by Gasteiger charge is -2.09. The normalized spacial score (nSPS) is 11.2. The Hall–Kier alpha value is -3.03. The number of aliphatic hydroxyl groups excluding tert-OH is 1.